The molecule has 2 rings (SSSR count). The van der Waals surface area contributed by atoms with E-state index in [1.807, 2.05) is 0 Å². The summed E-state index contributed by atoms with van der Waals surface area (Å²) in [5.74, 6) is -0.674. The fourth-order valence-electron chi connectivity index (χ4n) is 1.40. The van der Waals surface area contributed by atoms with Crippen LogP contribution in [0, 0.1) is 0 Å². The number of hydrogen-bond donors (Lipinski definition) is 1. The minimum atomic E-state index is -0.620. The van der Waals surface area contributed by atoms with Gasteiger partial charge in [-0.3, -0.25) is 9.59 Å². The molecule has 4 nitrogen and oxygen atoms in total. The van der Waals surface area contributed by atoms with Gasteiger partial charge in [-0.05, 0) is 37.9 Å². The van der Waals surface area contributed by atoms with Crippen molar-refractivity contribution in [1.29, 1.82) is 0 Å². The third-order valence-corrected chi connectivity index (χ3v) is 3.41. The number of Topliss-reactive ketones (excluding diaryl/α,β-unsaturated/α-hetero) is 1. The number of amides is 1. The second kappa shape index (κ2) is 3.61. The van der Waals surface area contributed by atoms with Crippen LogP contribution in [-0.2, 0) is 4.79 Å². The van der Waals surface area contributed by atoms with E-state index in [4.69, 9.17) is 4.74 Å². The van der Waals surface area contributed by atoms with Crippen LogP contribution in [0.3, 0.4) is 0 Å². The van der Waals surface area contributed by atoms with E-state index in [1.54, 1.807) is 6.07 Å². The van der Waals surface area contributed by atoms with Crippen molar-refractivity contribution in [3.05, 3.63) is 20.6 Å². The van der Waals surface area contributed by atoms with Crippen molar-refractivity contribution in [2.45, 2.75) is 0 Å². The van der Waals surface area contributed by atoms with Crippen molar-refractivity contribution in [2.75, 3.05) is 12.4 Å². The number of ether oxygens (including phenoxy) is 1. The van der Waals surface area contributed by atoms with Crippen LogP contribution in [0.25, 0.3) is 0 Å². The Hall–Kier alpha value is -0.880. The summed E-state index contributed by atoms with van der Waals surface area (Å²) in [4.78, 5) is 22.6. The summed E-state index contributed by atoms with van der Waals surface area (Å²) in [6, 6.07) is 1.64. The lowest BCUT2D eigenvalue weighted by atomic mass is 10.1. The van der Waals surface area contributed by atoms with Gasteiger partial charge in [0.25, 0.3) is 11.7 Å². The standard InChI is InChI=1S/C9H5Br2NO3/c1-15-8-3(10)2-4-5(6(8)11)7(13)9(14)12-4/h2H,1H3,(H,12,13,14). The molecule has 0 atom stereocenters. The van der Waals surface area contributed by atoms with Crippen LogP contribution in [0.2, 0.25) is 0 Å². The van der Waals surface area contributed by atoms with Gasteiger partial charge in [0, 0.05) is 0 Å². The van der Waals surface area contributed by atoms with E-state index in [1.165, 1.54) is 7.11 Å². The average Bonchev–Trinajstić information content (AvgIpc) is 2.43. The molecule has 0 radical (unpaired) electrons. The fraction of sp³-hybridized carbons (Fsp3) is 0.111. The minimum Gasteiger partial charge on any atom is -0.494 e. The molecular weight excluding hydrogens is 330 g/mol. The first kappa shape index (κ1) is 10.6. The van der Waals surface area contributed by atoms with E-state index < -0.39 is 11.7 Å². The first-order valence-corrected chi connectivity index (χ1v) is 5.56. The van der Waals surface area contributed by atoms with Gasteiger partial charge in [-0.15, -0.1) is 0 Å². The first-order valence-electron chi connectivity index (χ1n) is 3.98. The summed E-state index contributed by atoms with van der Waals surface area (Å²) in [7, 11) is 1.49. The van der Waals surface area contributed by atoms with Crippen LogP contribution in [0.4, 0.5) is 5.69 Å². The summed E-state index contributed by atoms with van der Waals surface area (Å²) in [5.41, 5.74) is 0.810. The maximum Gasteiger partial charge on any atom is 0.296 e. The molecule has 0 aliphatic carbocycles. The van der Waals surface area contributed by atoms with Crippen LogP contribution in [-0.4, -0.2) is 18.8 Å². The van der Waals surface area contributed by atoms with Gasteiger partial charge in [-0.1, -0.05) is 0 Å². The Kier molecular flexibility index (Phi) is 2.56. The number of anilines is 1. The number of rotatable bonds is 1. The third-order valence-electron chi connectivity index (χ3n) is 2.06. The van der Waals surface area contributed by atoms with E-state index in [0.29, 0.717) is 25.9 Å². The maximum atomic E-state index is 11.5. The highest BCUT2D eigenvalue weighted by atomic mass is 79.9. The highest BCUT2D eigenvalue weighted by Gasteiger charge is 2.32. The monoisotopic (exact) mass is 333 g/mol. The van der Waals surface area contributed by atoms with Crippen molar-refractivity contribution in [3.8, 4) is 5.75 Å². The largest absolute Gasteiger partial charge is 0.494 e. The predicted octanol–water partition coefficient (Wildman–Crippen LogP) is 2.35. The molecule has 0 bridgehead atoms. The number of benzene rings is 1. The lowest BCUT2D eigenvalue weighted by Gasteiger charge is -2.08. The van der Waals surface area contributed by atoms with Gasteiger partial charge >= 0.3 is 0 Å². The molecule has 15 heavy (non-hydrogen) atoms. The Morgan fingerprint density at radius 1 is 1.33 bits per heavy atom. The number of halogens is 2. The van der Waals surface area contributed by atoms with Crippen LogP contribution < -0.4 is 10.1 Å². The molecule has 1 N–H and O–H groups in total. The molecule has 0 spiro atoms. The van der Waals surface area contributed by atoms with Gasteiger partial charge in [0.15, 0.2) is 0 Å². The van der Waals surface area contributed by atoms with Gasteiger partial charge in [-0.2, -0.15) is 0 Å². The number of carbonyl (C=O) groups excluding carboxylic acids is 2. The van der Waals surface area contributed by atoms with E-state index in [2.05, 4.69) is 37.2 Å². The highest BCUT2D eigenvalue weighted by molar-refractivity contribution is 9.11. The van der Waals surface area contributed by atoms with Crippen molar-refractivity contribution < 1.29 is 14.3 Å². The number of nitrogens with one attached hydrogen (secondary N) is 1. The summed E-state index contributed by atoms with van der Waals surface area (Å²) in [6.45, 7) is 0. The topological polar surface area (TPSA) is 55.4 Å². The quantitative estimate of drug-likeness (QED) is 0.802. The Morgan fingerprint density at radius 3 is 2.60 bits per heavy atom. The molecule has 1 aromatic carbocycles. The van der Waals surface area contributed by atoms with Crippen molar-refractivity contribution in [3.63, 3.8) is 0 Å². The number of hydrogen-bond acceptors (Lipinski definition) is 3. The molecule has 1 amide bonds. The predicted molar refractivity (Wildman–Crippen MR) is 61.4 cm³/mol. The van der Waals surface area contributed by atoms with Gasteiger partial charge < -0.3 is 10.1 Å². The molecule has 0 aromatic heterocycles. The molecule has 1 aliphatic rings. The van der Waals surface area contributed by atoms with E-state index in [9.17, 15) is 9.59 Å². The molecule has 78 valence electrons. The summed E-state index contributed by atoms with van der Waals surface area (Å²) in [6.07, 6.45) is 0. The van der Waals surface area contributed by atoms with Gasteiger partial charge in [0.2, 0.25) is 0 Å². The van der Waals surface area contributed by atoms with Gasteiger partial charge in [0.05, 0.1) is 27.3 Å². The minimum absolute atomic E-state index is 0.319. The SMILES string of the molecule is COc1c(Br)cc2c(c1Br)C(=O)C(=O)N2. The highest BCUT2D eigenvalue weighted by Crippen LogP contribution is 2.42. The fourth-order valence-corrected chi connectivity index (χ4v) is 3.03. The van der Waals surface area contributed by atoms with E-state index in [0.717, 1.165) is 0 Å². The molecular formula is C9H5Br2NO3. The number of ketones is 1. The molecule has 6 heteroatoms. The summed E-state index contributed by atoms with van der Waals surface area (Å²) >= 11 is 6.53. The normalized spacial score (nSPS) is 13.8. The Balaban J connectivity index is 2.73. The van der Waals surface area contributed by atoms with Crippen LogP contribution >= 0.6 is 31.9 Å². The Labute approximate surface area is 102 Å². The lowest BCUT2D eigenvalue weighted by Crippen LogP contribution is -2.12. The number of methoxy groups -OCH3 is 1. The molecule has 0 saturated heterocycles. The first-order chi connectivity index (χ1) is 7.06. The average molecular weight is 335 g/mol. The number of carbonyl (C=O) groups is 2. The van der Waals surface area contributed by atoms with Crippen LogP contribution in [0.15, 0.2) is 15.0 Å². The maximum absolute atomic E-state index is 11.5. The van der Waals surface area contributed by atoms with E-state index in [-0.39, 0.29) is 0 Å². The molecule has 0 fully saturated rings. The zero-order chi connectivity index (χ0) is 11.2. The molecule has 1 aliphatic heterocycles. The van der Waals surface area contributed by atoms with Crippen molar-refractivity contribution in [1.82, 2.24) is 0 Å². The number of fused-ring (bicyclic) bond motifs is 1. The molecule has 0 saturated carbocycles. The second-order valence-electron chi connectivity index (χ2n) is 2.91. The van der Waals surface area contributed by atoms with Crippen molar-refractivity contribution in [2.24, 2.45) is 0 Å². The zero-order valence-corrected chi connectivity index (χ0v) is 10.7. The smallest absolute Gasteiger partial charge is 0.296 e. The van der Waals surface area contributed by atoms with Gasteiger partial charge in [0.1, 0.15) is 5.75 Å². The molecule has 1 aromatic rings. The zero-order valence-electron chi connectivity index (χ0n) is 7.56. The van der Waals surface area contributed by atoms with E-state index >= 15 is 0 Å². The third kappa shape index (κ3) is 1.48. The van der Waals surface area contributed by atoms with Gasteiger partial charge in [-0.25, -0.2) is 0 Å². The molecule has 1 heterocycles. The van der Waals surface area contributed by atoms with Crippen LogP contribution in [0.5, 0.6) is 5.75 Å². The van der Waals surface area contributed by atoms with Crippen molar-refractivity contribution >= 4 is 49.2 Å². The Morgan fingerprint density at radius 2 is 2.00 bits per heavy atom. The lowest BCUT2D eigenvalue weighted by molar-refractivity contribution is -0.112. The summed E-state index contributed by atoms with van der Waals surface area (Å²) < 4.78 is 6.26. The molecule has 0 unspecified atom stereocenters. The summed E-state index contributed by atoms with van der Waals surface area (Å²) in [5, 5.41) is 2.48. The second-order valence-corrected chi connectivity index (χ2v) is 4.56. The Bertz CT molecular complexity index is 485. The van der Waals surface area contributed by atoms with Crippen LogP contribution in [0.1, 0.15) is 10.4 Å².